The minimum Gasteiger partial charge on any atom is -0.508 e. The molecule has 5 unspecified atom stereocenters. The SMILES string of the molecule is CC(C)=CCc1cc(C23Oc4cc(O)c(CC=C(C)C)cc4C(=O)C2C2c4ccc(O)cc4OC4Oc5c(ccc(O)c5CC=C(C)C)C42O3)ccc1O. The number of Topliss-reactive ketones (excluding diaryl/α,β-unsaturated/α-hetero) is 1. The van der Waals surface area contributed by atoms with Crippen LogP contribution in [0, 0.1) is 5.92 Å². The van der Waals surface area contributed by atoms with Crippen molar-refractivity contribution in [3.8, 4) is 40.2 Å². The molecule has 4 aliphatic heterocycles. The molecule has 0 saturated carbocycles. The summed E-state index contributed by atoms with van der Waals surface area (Å²) < 4.78 is 27.7. The monoisotopic (exact) mass is 728 g/mol. The number of fused-ring (bicyclic) bond motifs is 6. The van der Waals surface area contributed by atoms with Crippen molar-refractivity contribution in [1.29, 1.82) is 0 Å². The van der Waals surface area contributed by atoms with E-state index in [0.29, 0.717) is 69.7 Å². The van der Waals surface area contributed by atoms with Crippen molar-refractivity contribution in [3.05, 3.63) is 135 Å². The summed E-state index contributed by atoms with van der Waals surface area (Å²) in [7, 11) is 0. The van der Waals surface area contributed by atoms with E-state index in [1.54, 1.807) is 48.5 Å². The van der Waals surface area contributed by atoms with Gasteiger partial charge in [0.25, 0.3) is 6.29 Å². The van der Waals surface area contributed by atoms with Gasteiger partial charge in [0.2, 0.25) is 5.79 Å². The molecular weight excluding hydrogens is 684 g/mol. The largest absolute Gasteiger partial charge is 0.508 e. The third-order valence-electron chi connectivity index (χ3n) is 11.0. The number of ketones is 1. The second kappa shape index (κ2) is 12.7. The van der Waals surface area contributed by atoms with Crippen molar-refractivity contribution in [2.24, 2.45) is 5.92 Å². The highest BCUT2D eigenvalue weighted by Crippen LogP contribution is 2.71. The number of phenolic OH excluding ortho intramolecular Hbond substituents is 4. The first-order valence-electron chi connectivity index (χ1n) is 18.3. The summed E-state index contributed by atoms with van der Waals surface area (Å²) in [6, 6.07) is 16.4. The lowest BCUT2D eigenvalue weighted by atomic mass is 9.66. The molecular formula is C45H44O9. The topological polar surface area (TPSA) is 135 Å². The number of aromatic hydroxyl groups is 4. The number of phenols is 4. The number of benzene rings is 4. The Bertz CT molecular complexity index is 2320. The molecule has 9 heteroatoms. The van der Waals surface area contributed by atoms with E-state index in [0.717, 1.165) is 16.7 Å². The highest BCUT2D eigenvalue weighted by molar-refractivity contribution is 6.03. The number of allylic oxidation sites excluding steroid dienone is 6. The van der Waals surface area contributed by atoms with Crippen LogP contribution in [-0.4, -0.2) is 32.5 Å². The maximum atomic E-state index is 15.5. The van der Waals surface area contributed by atoms with E-state index in [4.69, 9.17) is 18.9 Å². The lowest BCUT2D eigenvalue weighted by Gasteiger charge is -2.40. The molecule has 4 N–H and O–H groups in total. The normalized spacial score (nSPS) is 23.9. The quantitative estimate of drug-likeness (QED) is 0.138. The first-order valence-corrected chi connectivity index (χ1v) is 18.3. The summed E-state index contributed by atoms with van der Waals surface area (Å²) >= 11 is 0. The van der Waals surface area contributed by atoms with Crippen LogP contribution in [0.25, 0.3) is 0 Å². The zero-order valence-electron chi connectivity index (χ0n) is 31.2. The third kappa shape index (κ3) is 5.36. The molecule has 1 fully saturated rings. The number of hydrogen-bond acceptors (Lipinski definition) is 9. The van der Waals surface area contributed by atoms with Gasteiger partial charge in [0.05, 0.1) is 5.56 Å². The van der Waals surface area contributed by atoms with Crippen LogP contribution in [0.4, 0.5) is 0 Å². The number of ether oxygens (including phenoxy) is 4. The molecule has 8 rings (SSSR count). The van der Waals surface area contributed by atoms with E-state index < -0.39 is 29.5 Å². The minimum atomic E-state index is -1.82. The predicted molar refractivity (Wildman–Crippen MR) is 203 cm³/mol. The Morgan fingerprint density at radius 1 is 0.685 bits per heavy atom. The maximum Gasteiger partial charge on any atom is 0.275 e. The van der Waals surface area contributed by atoms with Gasteiger partial charge >= 0.3 is 0 Å². The molecule has 4 aromatic rings. The lowest BCUT2D eigenvalue weighted by Crippen LogP contribution is -2.49. The Labute approximate surface area is 314 Å². The summed E-state index contributed by atoms with van der Waals surface area (Å²) in [4.78, 5) is 15.5. The van der Waals surface area contributed by atoms with E-state index in [2.05, 4.69) is 0 Å². The van der Waals surface area contributed by atoms with E-state index in [-0.39, 0.29) is 34.5 Å². The molecule has 54 heavy (non-hydrogen) atoms. The molecule has 4 aliphatic rings. The fourth-order valence-corrected chi connectivity index (χ4v) is 8.35. The first kappa shape index (κ1) is 35.4. The van der Waals surface area contributed by atoms with Crippen molar-refractivity contribution in [1.82, 2.24) is 0 Å². The Hall–Kier alpha value is -5.67. The van der Waals surface area contributed by atoms with E-state index >= 15 is 4.79 Å². The van der Waals surface area contributed by atoms with Crippen LogP contribution in [0.3, 0.4) is 0 Å². The molecule has 5 atom stereocenters. The van der Waals surface area contributed by atoms with Gasteiger partial charge in [-0.1, -0.05) is 41.0 Å². The highest BCUT2D eigenvalue weighted by Gasteiger charge is 2.77. The van der Waals surface area contributed by atoms with Crippen LogP contribution in [0.2, 0.25) is 0 Å². The van der Waals surface area contributed by atoms with Crippen LogP contribution in [0.5, 0.6) is 40.2 Å². The molecule has 0 aliphatic carbocycles. The van der Waals surface area contributed by atoms with Gasteiger partial charge < -0.3 is 39.4 Å². The molecule has 1 spiro atoms. The zero-order valence-corrected chi connectivity index (χ0v) is 31.2. The first-order chi connectivity index (χ1) is 25.7. The highest BCUT2D eigenvalue weighted by atomic mass is 16.8. The number of rotatable bonds is 7. The maximum absolute atomic E-state index is 15.5. The smallest absolute Gasteiger partial charge is 0.275 e. The fourth-order valence-electron chi connectivity index (χ4n) is 8.35. The van der Waals surface area contributed by atoms with Gasteiger partial charge in [0, 0.05) is 40.3 Å². The summed E-state index contributed by atoms with van der Waals surface area (Å²) in [5.74, 6) is -2.99. The second-order valence-electron chi connectivity index (χ2n) is 15.5. The summed E-state index contributed by atoms with van der Waals surface area (Å²) in [5, 5.41) is 44.1. The molecule has 4 heterocycles. The van der Waals surface area contributed by atoms with Gasteiger partial charge in [0.1, 0.15) is 46.2 Å². The fraction of sp³-hybridized carbons (Fsp3) is 0.311. The third-order valence-corrected chi connectivity index (χ3v) is 11.0. The van der Waals surface area contributed by atoms with Gasteiger partial charge in [-0.05, 0) is 114 Å². The van der Waals surface area contributed by atoms with Crippen LogP contribution in [0.15, 0.2) is 95.6 Å². The Morgan fingerprint density at radius 3 is 2.06 bits per heavy atom. The van der Waals surface area contributed by atoms with Crippen LogP contribution < -0.4 is 14.2 Å². The van der Waals surface area contributed by atoms with Gasteiger partial charge in [-0.15, -0.1) is 0 Å². The van der Waals surface area contributed by atoms with E-state index in [1.165, 1.54) is 12.1 Å². The van der Waals surface area contributed by atoms with Gasteiger partial charge in [-0.3, -0.25) is 4.79 Å². The van der Waals surface area contributed by atoms with Crippen molar-refractivity contribution < 1.29 is 44.2 Å². The summed E-state index contributed by atoms with van der Waals surface area (Å²) in [6.07, 6.45) is 6.02. The van der Waals surface area contributed by atoms with Crippen LogP contribution in [-0.2, 0) is 35.4 Å². The molecule has 4 aromatic carbocycles. The zero-order chi connectivity index (χ0) is 38.3. The van der Waals surface area contributed by atoms with Crippen molar-refractivity contribution in [2.45, 2.75) is 84.4 Å². The Balaban J connectivity index is 1.42. The van der Waals surface area contributed by atoms with Crippen molar-refractivity contribution >= 4 is 5.78 Å². The van der Waals surface area contributed by atoms with Crippen LogP contribution in [0.1, 0.15) is 91.2 Å². The molecule has 0 aromatic heterocycles. The molecule has 1 saturated heterocycles. The van der Waals surface area contributed by atoms with Gasteiger partial charge in [-0.25, -0.2) is 0 Å². The predicted octanol–water partition coefficient (Wildman–Crippen LogP) is 8.90. The van der Waals surface area contributed by atoms with E-state index in [1.807, 2.05) is 59.8 Å². The minimum absolute atomic E-state index is 0.0212. The molecule has 0 amide bonds. The van der Waals surface area contributed by atoms with Gasteiger partial charge in [0.15, 0.2) is 11.4 Å². The second-order valence-corrected chi connectivity index (χ2v) is 15.5. The lowest BCUT2D eigenvalue weighted by molar-refractivity contribution is -0.268. The summed E-state index contributed by atoms with van der Waals surface area (Å²) in [6.45, 7) is 11.9. The Kier molecular flexibility index (Phi) is 8.34. The van der Waals surface area contributed by atoms with Gasteiger partial charge in [-0.2, -0.15) is 0 Å². The van der Waals surface area contributed by atoms with Crippen molar-refractivity contribution in [2.75, 3.05) is 0 Å². The summed E-state index contributed by atoms with van der Waals surface area (Å²) in [5.41, 5.74) is 5.38. The average Bonchev–Trinajstić information content (AvgIpc) is 3.60. The number of hydrogen-bond donors (Lipinski definition) is 4. The molecule has 0 radical (unpaired) electrons. The Morgan fingerprint density at radius 2 is 1.35 bits per heavy atom. The molecule has 0 bridgehead atoms. The van der Waals surface area contributed by atoms with Crippen molar-refractivity contribution in [3.63, 3.8) is 0 Å². The average molecular weight is 729 g/mol. The van der Waals surface area contributed by atoms with Crippen LogP contribution >= 0.6 is 0 Å². The standard InChI is InChI=1S/C45H44O9/c1-23(2)7-10-26-19-28(12-17-34(26)47)45-40(41(50)32-20-27(11-8-24(3)4)36(49)22-38(32)53-45)39-31-15-13-29(46)21-37(31)51-43-44(39,54-45)33-16-18-35(48)30(42(33)52-43)14-9-25(5)6/h7-9,12-13,15-22,39-40,43,46-49H,10-11,14H2,1-6H3. The number of carbonyl (C=O) groups excluding carboxylic acids is 1. The molecule has 278 valence electrons. The number of carbonyl (C=O) groups is 1. The molecule has 9 nitrogen and oxygen atoms in total. The van der Waals surface area contributed by atoms with E-state index in [9.17, 15) is 20.4 Å².